The van der Waals surface area contributed by atoms with Gasteiger partial charge in [0.15, 0.2) is 5.15 Å². The molecule has 0 aliphatic heterocycles. The fraction of sp³-hybridized carbons (Fsp3) is 0.600. The predicted molar refractivity (Wildman–Crippen MR) is 58.2 cm³/mol. The molecule has 84 valence electrons. The molecule has 4 nitrogen and oxygen atoms in total. The Kier molecular flexibility index (Phi) is 4.29. The van der Waals surface area contributed by atoms with Crippen LogP contribution < -0.4 is 4.74 Å². The molecule has 0 atom stereocenters. The first kappa shape index (κ1) is 12.2. The second-order valence-corrected chi connectivity index (χ2v) is 4.38. The fourth-order valence-corrected chi connectivity index (χ4v) is 1.03. The SMILES string of the molecule is CC(C)(C)OCCOc1cncc(Cl)n1. The average Bonchev–Trinajstić information content (AvgIpc) is 2.11. The van der Waals surface area contributed by atoms with E-state index in [9.17, 15) is 0 Å². The highest BCUT2D eigenvalue weighted by atomic mass is 35.5. The molecule has 0 saturated carbocycles. The zero-order valence-electron chi connectivity index (χ0n) is 9.16. The van der Waals surface area contributed by atoms with Gasteiger partial charge in [-0.25, -0.2) is 0 Å². The number of ether oxygens (including phenoxy) is 2. The molecular formula is C10H15ClN2O2. The van der Waals surface area contributed by atoms with Gasteiger partial charge in [-0.1, -0.05) is 11.6 Å². The molecule has 0 bridgehead atoms. The van der Waals surface area contributed by atoms with Crippen LogP contribution in [0.4, 0.5) is 0 Å². The van der Waals surface area contributed by atoms with Crippen molar-refractivity contribution in [2.75, 3.05) is 13.2 Å². The number of rotatable bonds is 4. The Morgan fingerprint density at radius 3 is 2.60 bits per heavy atom. The van der Waals surface area contributed by atoms with Crippen LogP contribution in [0.3, 0.4) is 0 Å². The van der Waals surface area contributed by atoms with E-state index >= 15 is 0 Å². The van der Waals surface area contributed by atoms with E-state index in [0.29, 0.717) is 24.2 Å². The number of hydrogen-bond acceptors (Lipinski definition) is 4. The van der Waals surface area contributed by atoms with Gasteiger partial charge < -0.3 is 9.47 Å². The maximum Gasteiger partial charge on any atom is 0.233 e. The summed E-state index contributed by atoms with van der Waals surface area (Å²) in [7, 11) is 0. The minimum atomic E-state index is -0.149. The molecule has 0 fully saturated rings. The first-order chi connectivity index (χ1) is 6.97. The molecule has 1 heterocycles. The van der Waals surface area contributed by atoms with Gasteiger partial charge in [-0.15, -0.1) is 0 Å². The first-order valence-electron chi connectivity index (χ1n) is 4.72. The summed E-state index contributed by atoms with van der Waals surface area (Å²) in [6.07, 6.45) is 2.98. The van der Waals surface area contributed by atoms with Crippen molar-refractivity contribution in [2.45, 2.75) is 26.4 Å². The molecule has 1 aromatic heterocycles. The van der Waals surface area contributed by atoms with E-state index in [-0.39, 0.29) is 5.60 Å². The van der Waals surface area contributed by atoms with E-state index in [2.05, 4.69) is 9.97 Å². The maximum absolute atomic E-state index is 5.65. The molecule has 0 N–H and O–H groups in total. The fourth-order valence-electron chi connectivity index (χ4n) is 0.889. The molecule has 0 aliphatic carbocycles. The van der Waals surface area contributed by atoms with Crippen LogP contribution in [0.1, 0.15) is 20.8 Å². The summed E-state index contributed by atoms with van der Waals surface area (Å²) in [5.74, 6) is 0.417. The minimum absolute atomic E-state index is 0.149. The van der Waals surface area contributed by atoms with Gasteiger partial charge in [0.2, 0.25) is 5.88 Å². The molecule has 0 amide bonds. The van der Waals surface area contributed by atoms with Gasteiger partial charge in [-0.05, 0) is 20.8 Å². The van der Waals surface area contributed by atoms with Crippen LogP contribution in [0.5, 0.6) is 5.88 Å². The Hall–Kier alpha value is -0.870. The summed E-state index contributed by atoms with van der Waals surface area (Å²) < 4.78 is 10.8. The highest BCUT2D eigenvalue weighted by Crippen LogP contribution is 2.10. The van der Waals surface area contributed by atoms with Crippen molar-refractivity contribution in [3.8, 4) is 5.88 Å². The lowest BCUT2D eigenvalue weighted by molar-refractivity contribution is -0.0168. The molecule has 1 rings (SSSR count). The quantitative estimate of drug-likeness (QED) is 0.745. The Morgan fingerprint density at radius 1 is 1.27 bits per heavy atom. The van der Waals surface area contributed by atoms with Crippen LogP contribution in [0.2, 0.25) is 5.15 Å². The third kappa shape index (κ3) is 5.54. The molecule has 0 radical (unpaired) electrons. The summed E-state index contributed by atoms with van der Waals surface area (Å²) in [5, 5.41) is 0.323. The van der Waals surface area contributed by atoms with Crippen LogP contribution >= 0.6 is 11.6 Å². The van der Waals surface area contributed by atoms with Crippen molar-refractivity contribution in [3.63, 3.8) is 0 Å². The van der Waals surface area contributed by atoms with E-state index in [1.54, 1.807) is 0 Å². The molecule has 15 heavy (non-hydrogen) atoms. The van der Waals surface area contributed by atoms with Crippen LogP contribution in [-0.2, 0) is 4.74 Å². The Balaban J connectivity index is 2.26. The molecular weight excluding hydrogens is 216 g/mol. The van der Waals surface area contributed by atoms with Gasteiger partial charge >= 0.3 is 0 Å². The Bertz CT molecular complexity index is 313. The minimum Gasteiger partial charge on any atom is -0.474 e. The van der Waals surface area contributed by atoms with Crippen molar-refractivity contribution in [1.82, 2.24) is 9.97 Å². The van der Waals surface area contributed by atoms with Crippen molar-refractivity contribution >= 4 is 11.6 Å². The van der Waals surface area contributed by atoms with E-state index in [4.69, 9.17) is 21.1 Å². The zero-order valence-corrected chi connectivity index (χ0v) is 9.91. The monoisotopic (exact) mass is 230 g/mol. The zero-order chi connectivity index (χ0) is 11.3. The summed E-state index contributed by atoms with van der Waals surface area (Å²) in [4.78, 5) is 7.78. The highest BCUT2D eigenvalue weighted by Gasteiger charge is 2.09. The van der Waals surface area contributed by atoms with Crippen molar-refractivity contribution < 1.29 is 9.47 Å². The molecule has 5 heteroatoms. The van der Waals surface area contributed by atoms with Crippen LogP contribution in [-0.4, -0.2) is 28.8 Å². The van der Waals surface area contributed by atoms with Crippen LogP contribution in [0.25, 0.3) is 0 Å². The topological polar surface area (TPSA) is 44.2 Å². The van der Waals surface area contributed by atoms with E-state index in [1.165, 1.54) is 12.4 Å². The summed E-state index contributed by atoms with van der Waals surface area (Å²) in [6.45, 7) is 6.93. The summed E-state index contributed by atoms with van der Waals surface area (Å²) in [5.41, 5.74) is -0.149. The second-order valence-electron chi connectivity index (χ2n) is 3.99. The lowest BCUT2D eigenvalue weighted by atomic mass is 10.2. The molecule has 0 spiro atoms. The van der Waals surface area contributed by atoms with E-state index < -0.39 is 0 Å². The molecule has 0 aliphatic rings. The predicted octanol–water partition coefficient (Wildman–Crippen LogP) is 2.32. The second kappa shape index (κ2) is 5.28. The number of halogens is 1. The molecule has 0 saturated heterocycles. The lowest BCUT2D eigenvalue weighted by Gasteiger charge is -2.19. The van der Waals surface area contributed by atoms with Crippen molar-refractivity contribution in [1.29, 1.82) is 0 Å². The maximum atomic E-state index is 5.65. The van der Waals surface area contributed by atoms with Gasteiger partial charge in [0.1, 0.15) is 6.61 Å². The molecule has 0 unspecified atom stereocenters. The van der Waals surface area contributed by atoms with Gasteiger partial charge in [0.05, 0.1) is 24.6 Å². The largest absolute Gasteiger partial charge is 0.474 e. The van der Waals surface area contributed by atoms with Crippen molar-refractivity contribution in [3.05, 3.63) is 17.5 Å². The van der Waals surface area contributed by atoms with Crippen LogP contribution in [0.15, 0.2) is 12.4 Å². The summed E-state index contributed by atoms with van der Waals surface area (Å²) >= 11 is 5.65. The van der Waals surface area contributed by atoms with E-state index in [0.717, 1.165) is 0 Å². The van der Waals surface area contributed by atoms with Crippen LogP contribution in [0, 0.1) is 0 Å². The number of hydrogen-bond donors (Lipinski definition) is 0. The van der Waals surface area contributed by atoms with E-state index in [1.807, 2.05) is 20.8 Å². The average molecular weight is 231 g/mol. The summed E-state index contributed by atoms with van der Waals surface area (Å²) in [6, 6.07) is 0. The number of aromatic nitrogens is 2. The highest BCUT2D eigenvalue weighted by molar-refractivity contribution is 6.29. The Morgan fingerprint density at radius 2 is 2.00 bits per heavy atom. The van der Waals surface area contributed by atoms with Gasteiger partial charge in [0, 0.05) is 0 Å². The smallest absolute Gasteiger partial charge is 0.233 e. The normalized spacial score (nSPS) is 11.5. The standard InChI is InChI=1S/C10H15ClN2O2/c1-10(2,3)15-5-4-14-9-7-12-6-8(11)13-9/h6-7H,4-5H2,1-3H3. The lowest BCUT2D eigenvalue weighted by Crippen LogP contribution is -2.22. The third-order valence-electron chi connectivity index (χ3n) is 1.45. The van der Waals surface area contributed by atoms with Gasteiger partial charge in [-0.2, -0.15) is 4.98 Å². The molecule has 1 aromatic rings. The molecule has 0 aromatic carbocycles. The first-order valence-corrected chi connectivity index (χ1v) is 5.09. The number of nitrogens with zero attached hydrogens (tertiary/aromatic N) is 2. The third-order valence-corrected chi connectivity index (χ3v) is 1.63. The Labute approximate surface area is 94.6 Å². The van der Waals surface area contributed by atoms with Gasteiger partial charge in [-0.3, -0.25) is 4.98 Å². The van der Waals surface area contributed by atoms with Gasteiger partial charge in [0.25, 0.3) is 0 Å². The van der Waals surface area contributed by atoms with Crippen molar-refractivity contribution in [2.24, 2.45) is 0 Å².